The molecule has 0 unspecified atom stereocenters. The summed E-state index contributed by atoms with van der Waals surface area (Å²) in [4.78, 5) is 10.2. The number of carboxylic acids is 1. The van der Waals surface area contributed by atoms with Crippen molar-refractivity contribution in [3.05, 3.63) is 29.8 Å². The number of rotatable bonds is 6. The van der Waals surface area contributed by atoms with Crippen LogP contribution in [0.25, 0.3) is 0 Å². The molecule has 9 heteroatoms. The number of sulfone groups is 2. The Bertz CT molecular complexity index is 758. The molecule has 108 valence electrons. The average Bonchev–Trinajstić information content (AvgIpc) is 2.35. The zero-order valence-corrected chi connectivity index (χ0v) is 11.8. The summed E-state index contributed by atoms with van der Waals surface area (Å²) in [6.07, 6.45) is 0. The van der Waals surface area contributed by atoms with Crippen LogP contribution in [0.15, 0.2) is 29.2 Å². The molecule has 0 aromatic heterocycles. The van der Waals surface area contributed by atoms with E-state index in [9.17, 15) is 21.6 Å². The van der Waals surface area contributed by atoms with Crippen LogP contribution in [-0.4, -0.2) is 45.2 Å². The van der Waals surface area contributed by atoms with E-state index in [4.69, 9.17) is 10.4 Å². The molecule has 0 bridgehead atoms. The van der Waals surface area contributed by atoms with Gasteiger partial charge in [0, 0.05) is 0 Å². The van der Waals surface area contributed by atoms with E-state index in [1.807, 2.05) is 0 Å². The van der Waals surface area contributed by atoms with Crippen molar-refractivity contribution in [2.24, 2.45) is 0 Å². The topological polar surface area (TPSA) is 129 Å². The summed E-state index contributed by atoms with van der Waals surface area (Å²) < 4.78 is 46.5. The third-order valence-corrected chi connectivity index (χ3v) is 5.81. The van der Waals surface area contributed by atoms with Crippen LogP contribution < -0.4 is 0 Å². The molecule has 0 radical (unpaired) electrons. The number of carbonyl (C=O) groups is 1. The van der Waals surface area contributed by atoms with E-state index >= 15 is 0 Å². The first-order chi connectivity index (χ1) is 9.16. The molecule has 7 nitrogen and oxygen atoms in total. The Kier molecular flexibility index (Phi) is 4.86. The third-order valence-electron chi connectivity index (χ3n) is 2.33. The predicted molar refractivity (Wildman–Crippen MR) is 69.5 cm³/mol. The van der Waals surface area contributed by atoms with Crippen molar-refractivity contribution in [3.8, 4) is 6.07 Å². The van der Waals surface area contributed by atoms with Crippen LogP contribution in [0.1, 0.15) is 5.56 Å². The first-order valence-corrected chi connectivity index (χ1v) is 8.79. The fraction of sp³-hybridized carbons (Fsp3) is 0.273. The second kappa shape index (κ2) is 6.02. The molecule has 0 spiro atoms. The molecule has 0 saturated carbocycles. The number of benzene rings is 1. The maximum Gasteiger partial charge on any atom is 0.318 e. The molecule has 0 aliphatic rings. The van der Waals surface area contributed by atoms with Gasteiger partial charge in [-0.05, 0) is 18.2 Å². The molecule has 0 amide bonds. The quantitative estimate of drug-likeness (QED) is 0.771. The van der Waals surface area contributed by atoms with Gasteiger partial charge >= 0.3 is 5.97 Å². The van der Waals surface area contributed by atoms with Crippen LogP contribution in [0.4, 0.5) is 0 Å². The Morgan fingerprint density at radius 3 is 2.40 bits per heavy atom. The number of nitriles is 1. The Morgan fingerprint density at radius 1 is 1.20 bits per heavy atom. The molecule has 0 aliphatic heterocycles. The molecule has 1 aromatic carbocycles. The molecule has 1 N–H and O–H groups in total. The van der Waals surface area contributed by atoms with Gasteiger partial charge in [0.25, 0.3) is 0 Å². The number of hydrogen-bond donors (Lipinski definition) is 1. The summed E-state index contributed by atoms with van der Waals surface area (Å²) in [6, 6.07) is 6.95. The van der Waals surface area contributed by atoms with E-state index in [1.54, 1.807) is 6.07 Å². The summed E-state index contributed by atoms with van der Waals surface area (Å²) in [5, 5.41) is 17.1. The highest BCUT2D eigenvalue weighted by Gasteiger charge is 2.22. The summed E-state index contributed by atoms with van der Waals surface area (Å²) >= 11 is 0. The summed E-state index contributed by atoms with van der Waals surface area (Å²) in [5.41, 5.74) is 0.138. The lowest BCUT2D eigenvalue weighted by molar-refractivity contribution is -0.134. The standard InChI is InChI=1S/C11H11NO6S2/c12-7-9-2-1-3-10(6-9)20(17,18)5-4-19(15,16)8-11(13)14/h1-3,6H,4-5,8H2,(H,13,14). The first kappa shape index (κ1) is 16.1. The average molecular weight is 317 g/mol. The minimum Gasteiger partial charge on any atom is -0.480 e. The zero-order chi connectivity index (χ0) is 15.4. The van der Waals surface area contributed by atoms with Crippen molar-refractivity contribution in [3.63, 3.8) is 0 Å². The fourth-order valence-corrected chi connectivity index (χ4v) is 4.62. The van der Waals surface area contributed by atoms with Crippen molar-refractivity contribution < 1.29 is 26.7 Å². The molecule has 0 heterocycles. The van der Waals surface area contributed by atoms with Crippen LogP contribution in [-0.2, 0) is 24.5 Å². The maximum atomic E-state index is 11.9. The molecule has 0 fully saturated rings. The largest absolute Gasteiger partial charge is 0.480 e. The lowest BCUT2D eigenvalue weighted by atomic mass is 10.2. The van der Waals surface area contributed by atoms with Gasteiger partial charge in [0.15, 0.2) is 19.7 Å². The van der Waals surface area contributed by atoms with Crippen LogP contribution >= 0.6 is 0 Å². The Balaban J connectivity index is 2.91. The monoisotopic (exact) mass is 317 g/mol. The van der Waals surface area contributed by atoms with Gasteiger partial charge in [-0.15, -0.1) is 0 Å². The molecule has 0 saturated heterocycles. The van der Waals surface area contributed by atoms with E-state index in [-0.39, 0.29) is 10.5 Å². The van der Waals surface area contributed by atoms with Crippen molar-refractivity contribution in [2.45, 2.75) is 4.90 Å². The van der Waals surface area contributed by atoms with Gasteiger partial charge in [-0.3, -0.25) is 4.79 Å². The van der Waals surface area contributed by atoms with Crippen LogP contribution in [0.3, 0.4) is 0 Å². The van der Waals surface area contributed by atoms with Crippen molar-refractivity contribution in [1.82, 2.24) is 0 Å². The van der Waals surface area contributed by atoms with E-state index in [2.05, 4.69) is 0 Å². The van der Waals surface area contributed by atoms with Crippen LogP contribution in [0.5, 0.6) is 0 Å². The normalized spacial score (nSPS) is 11.8. The van der Waals surface area contributed by atoms with Gasteiger partial charge in [0.2, 0.25) is 0 Å². The van der Waals surface area contributed by atoms with Gasteiger partial charge in [-0.25, -0.2) is 16.8 Å². The van der Waals surface area contributed by atoms with E-state index in [0.29, 0.717) is 0 Å². The van der Waals surface area contributed by atoms with E-state index in [1.165, 1.54) is 18.2 Å². The highest BCUT2D eigenvalue weighted by atomic mass is 32.2. The molecule has 0 atom stereocenters. The van der Waals surface area contributed by atoms with Crippen molar-refractivity contribution >= 4 is 25.6 Å². The molecule has 20 heavy (non-hydrogen) atoms. The molecular weight excluding hydrogens is 306 g/mol. The first-order valence-electron chi connectivity index (χ1n) is 5.31. The van der Waals surface area contributed by atoms with Gasteiger partial charge < -0.3 is 5.11 Å². The summed E-state index contributed by atoms with van der Waals surface area (Å²) in [6.45, 7) is 0. The third kappa shape index (κ3) is 4.64. The molecular formula is C11H11NO6S2. The number of hydrogen-bond acceptors (Lipinski definition) is 6. The maximum absolute atomic E-state index is 11.9. The van der Waals surface area contributed by atoms with E-state index < -0.39 is 42.9 Å². The fourth-order valence-electron chi connectivity index (χ4n) is 1.37. The number of nitrogens with zero attached hydrogens (tertiary/aromatic N) is 1. The molecule has 1 rings (SSSR count). The van der Waals surface area contributed by atoms with Gasteiger partial charge in [-0.2, -0.15) is 5.26 Å². The zero-order valence-electron chi connectivity index (χ0n) is 10.2. The van der Waals surface area contributed by atoms with E-state index in [0.717, 1.165) is 6.07 Å². The summed E-state index contributed by atoms with van der Waals surface area (Å²) in [5.74, 6) is -4.15. The predicted octanol–water partition coefficient (Wildman–Crippen LogP) is -0.169. The van der Waals surface area contributed by atoms with Crippen LogP contribution in [0.2, 0.25) is 0 Å². The number of carboxylic acid groups (broad SMARTS) is 1. The van der Waals surface area contributed by atoms with Crippen LogP contribution in [0, 0.1) is 11.3 Å². The lowest BCUT2D eigenvalue weighted by Gasteiger charge is -2.05. The Morgan fingerprint density at radius 2 is 1.85 bits per heavy atom. The minimum atomic E-state index is -3.98. The van der Waals surface area contributed by atoms with Crippen molar-refractivity contribution in [1.29, 1.82) is 5.26 Å². The number of aliphatic carboxylic acids is 1. The Hall–Kier alpha value is -1.92. The van der Waals surface area contributed by atoms with Gasteiger partial charge in [0.1, 0.15) is 5.75 Å². The Labute approximate surface area is 116 Å². The molecule has 1 aromatic rings. The SMILES string of the molecule is N#Cc1cccc(S(=O)(=O)CCS(=O)(=O)CC(=O)O)c1. The summed E-state index contributed by atoms with van der Waals surface area (Å²) in [7, 11) is -7.87. The lowest BCUT2D eigenvalue weighted by Crippen LogP contribution is -2.23. The second-order valence-electron chi connectivity index (χ2n) is 3.94. The molecule has 0 aliphatic carbocycles. The second-order valence-corrected chi connectivity index (χ2v) is 8.24. The highest BCUT2D eigenvalue weighted by Crippen LogP contribution is 2.13. The van der Waals surface area contributed by atoms with Gasteiger partial charge in [-0.1, -0.05) is 6.07 Å². The minimum absolute atomic E-state index is 0.138. The highest BCUT2D eigenvalue weighted by molar-refractivity contribution is 7.95. The van der Waals surface area contributed by atoms with Crippen molar-refractivity contribution in [2.75, 3.05) is 17.3 Å². The smallest absolute Gasteiger partial charge is 0.318 e. The van der Waals surface area contributed by atoms with Gasteiger partial charge in [0.05, 0.1) is 28.0 Å².